The zero-order valence-corrected chi connectivity index (χ0v) is 20.4. The van der Waals surface area contributed by atoms with Crippen LogP contribution in [-0.2, 0) is 11.3 Å². The van der Waals surface area contributed by atoms with Crippen molar-refractivity contribution in [2.45, 2.75) is 32.0 Å². The Labute approximate surface area is 215 Å². The number of ether oxygens (including phenoxy) is 1. The van der Waals surface area contributed by atoms with E-state index in [1.807, 2.05) is 40.8 Å². The molecule has 0 saturated carbocycles. The summed E-state index contributed by atoms with van der Waals surface area (Å²) in [5.41, 5.74) is 3.77. The van der Waals surface area contributed by atoms with Crippen molar-refractivity contribution in [2.75, 3.05) is 13.2 Å². The van der Waals surface area contributed by atoms with Crippen LogP contribution < -0.4 is 0 Å². The molecule has 1 N–H and O–H groups in total. The predicted molar refractivity (Wildman–Crippen MR) is 134 cm³/mol. The third-order valence-corrected chi connectivity index (χ3v) is 6.27. The van der Waals surface area contributed by atoms with Crippen LogP contribution in [0.2, 0.25) is 0 Å². The number of pyridine rings is 2. The molecule has 196 valence electrons. The fraction of sp³-hybridized carbons (Fsp3) is 0.259. The third-order valence-electron chi connectivity index (χ3n) is 6.27. The molecular weight excluding hydrogens is 499 g/mol. The molecule has 0 radical (unpaired) electrons. The Kier molecular flexibility index (Phi) is 6.85. The average molecular weight is 524 g/mol. The van der Waals surface area contributed by atoms with Crippen molar-refractivity contribution in [1.29, 1.82) is 0 Å². The number of carbonyl (C=O) groups is 1. The van der Waals surface area contributed by atoms with E-state index in [1.54, 1.807) is 31.5 Å². The van der Waals surface area contributed by atoms with E-state index in [1.165, 1.54) is 10.9 Å². The summed E-state index contributed by atoms with van der Waals surface area (Å²) in [5.74, 6) is -2.36. The maximum absolute atomic E-state index is 13.4. The van der Waals surface area contributed by atoms with Crippen molar-refractivity contribution < 1.29 is 27.8 Å². The molecule has 4 heterocycles. The van der Waals surface area contributed by atoms with E-state index in [-0.39, 0.29) is 18.8 Å². The zero-order valence-electron chi connectivity index (χ0n) is 20.4. The molecule has 0 spiro atoms. The second-order valence-electron chi connectivity index (χ2n) is 8.82. The Hall–Kier alpha value is -4.25. The summed E-state index contributed by atoms with van der Waals surface area (Å²) in [5, 5.41) is 17.5. The fourth-order valence-corrected chi connectivity index (χ4v) is 4.53. The number of esters is 1. The molecule has 0 aliphatic carbocycles. The van der Waals surface area contributed by atoms with Gasteiger partial charge in [0.2, 0.25) is 0 Å². The van der Waals surface area contributed by atoms with Gasteiger partial charge in [0, 0.05) is 41.7 Å². The summed E-state index contributed by atoms with van der Waals surface area (Å²) >= 11 is 0. The van der Waals surface area contributed by atoms with E-state index in [2.05, 4.69) is 15.3 Å². The van der Waals surface area contributed by atoms with Crippen LogP contribution in [0.4, 0.5) is 13.2 Å². The standard InChI is InChI=1S/C27H24F3N5O3/c1-2-38-26(37)21-13-20-11-17(15-34-16-24(32-33-34)22(8-10-36)27(28,29)30)7-9-35(20)25(21)19-12-18-5-3-4-6-23(18)31-14-19/h3-7,9,11-14,16,22,36H,2,8,10,15H2,1H3. The second-order valence-corrected chi connectivity index (χ2v) is 8.82. The molecule has 0 fully saturated rings. The maximum atomic E-state index is 13.4. The smallest absolute Gasteiger partial charge is 0.397 e. The molecule has 0 bridgehead atoms. The molecule has 0 aliphatic heterocycles. The minimum absolute atomic E-state index is 0.167. The lowest BCUT2D eigenvalue weighted by molar-refractivity contribution is -0.154. The molecular formula is C27H24F3N5O3. The van der Waals surface area contributed by atoms with Crippen molar-refractivity contribution in [3.8, 4) is 11.3 Å². The molecule has 1 aromatic carbocycles. The number of fused-ring (bicyclic) bond motifs is 2. The third kappa shape index (κ3) is 4.97. The summed E-state index contributed by atoms with van der Waals surface area (Å²) in [6, 6.07) is 15.0. The molecule has 0 saturated heterocycles. The van der Waals surface area contributed by atoms with E-state index in [9.17, 15) is 18.0 Å². The molecule has 8 nitrogen and oxygen atoms in total. The highest BCUT2D eigenvalue weighted by Crippen LogP contribution is 2.36. The predicted octanol–water partition coefficient (Wildman–Crippen LogP) is 5.00. The van der Waals surface area contributed by atoms with Gasteiger partial charge in [-0.05, 0) is 49.2 Å². The Morgan fingerprint density at radius 3 is 2.74 bits per heavy atom. The van der Waals surface area contributed by atoms with Gasteiger partial charge in [-0.25, -0.2) is 9.48 Å². The van der Waals surface area contributed by atoms with Gasteiger partial charge in [-0.1, -0.05) is 23.4 Å². The van der Waals surface area contributed by atoms with Crippen molar-refractivity contribution >= 4 is 22.4 Å². The first kappa shape index (κ1) is 25.4. The van der Waals surface area contributed by atoms with Crippen LogP contribution in [-0.4, -0.2) is 54.8 Å². The average Bonchev–Trinajstić information content (AvgIpc) is 3.50. The lowest BCUT2D eigenvalue weighted by atomic mass is 10.0. The van der Waals surface area contributed by atoms with Gasteiger partial charge in [-0.15, -0.1) is 5.10 Å². The highest BCUT2D eigenvalue weighted by molar-refractivity contribution is 6.00. The number of hydrogen-bond donors (Lipinski definition) is 1. The lowest BCUT2D eigenvalue weighted by Gasteiger charge is -2.16. The zero-order chi connectivity index (χ0) is 26.9. The first-order valence-electron chi connectivity index (χ1n) is 12.0. The molecule has 5 aromatic rings. The number of para-hydroxylation sites is 1. The van der Waals surface area contributed by atoms with Gasteiger partial charge in [0.05, 0.1) is 35.6 Å². The van der Waals surface area contributed by atoms with Gasteiger partial charge < -0.3 is 14.2 Å². The first-order valence-corrected chi connectivity index (χ1v) is 12.0. The Morgan fingerprint density at radius 1 is 1.16 bits per heavy atom. The fourth-order valence-electron chi connectivity index (χ4n) is 4.53. The number of aliphatic hydroxyl groups is 1. The summed E-state index contributed by atoms with van der Waals surface area (Å²) in [6.45, 7) is 1.51. The molecule has 4 aromatic heterocycles. The molecule has 38 heavy (non-hydrogen) atoms. The highest BCUT2D eigenvalue weighted by Gasteiger charge is 2.42. The summed E-state index contributed by atoms with van der Waals surface area (Å²) < 4.78 is 48.5. The van der Waals surface area contributed by atoms with Crippen molar-refractivity contribution in [2.24, 2.45) is 0 Å². The number of rotatable bonds is 8. The Morgan fingerprint density at radius 2 is 1.97 bits per heavy atom. The molecule has 1 atom stereocenters. The summed E-state index contributed by atoms with van der Waals surface area (Å²) in [6.07, 6.45) is -0.277. The van der Waals surface area contributed by atoms with Crippen molar-refractivity contribution in [3.05, 3.63) is 83.9 Å². The topological polar surface area (TPSA) is 94.5 Å². The maximum Gasteiger partial charge on any atom is 0.397 e. The number of aromatic nitrogens is 5. The van der Waals surface area contributed by atoms with Gasteiger partial charge in [0.25, 0.3) is 0 Å². The second kappa shape index (κ2) is 10.3. The first-order chi connectivity index (χ1) is 18.3. The summed E-state index contributed by atoms with van der Waals surface area (Å²) in [4.78, 5) is 17.4. The minimum Gasteiger partial charge on any atom is -0.462 e. The van der Waals surface area contributed by atoms with Crippen molar-refractivity contribution in [1.82, 2.24) is 24.4 Å². The number of alkyl halides is 3. The SMILES string of the molecule is CCOC(=O)c1cc2cc(Cn3cc(C(CCO)C(F)(F)F)nn3)ccn2c1-c1cnc2ccccc2c1. The lowest BCUT2D eigenvalue weighted by Crippen LogP contribution is -2.22. The van der Waals surface area contributed by atoms with Crippen LogP contribution in [0, 0.1) is 0 Å². The number of nitrogens with zero attached hydrogens (tertiary/aromatic N) is 5. The van der Waals surface area contributed by atoms with Crippen LogP contribution in [0.1, 0.15) is 40.9 Å². The van der Waals surface area contributed by atoms with Crippen LogP contribution in [0.5, 0.6) is 0 Å². The van der Waals surface area contributed by atoms with E-state index in [0.29, 0.717) is 16.8 Å². The van der Waals surface area contributed by atoms with E-state index < -0.39 is 31.1 Å². The molecule has 1 unspecified atom stereocenters. The molecule has 5 rings (SSSR count). The van der Waals surface area contributed by atoms with Crippen molar-refractivity contribution in [3.63, 3.8) is 0 Å². The monoisotopic (exact) mass is 523 g/mol. The van der Waals surface area contributed by atoms with Crippen LogP contribution in [0.25, 0.3) is 27.7 Å². The van der Waals surface area contributed by atoms with E-state index >= 15 is 0 Å². The van der Waals surface area contributed by atoms with Gasteiger partial charge in [0.1, 0.15) is 5.92 Å². The van der Waals surface area contributed by atoms with Gasteiger partial charge in [-0.2, -0.15) is 13.2 Å². The normalized spacial score (nSPS) is 12.8. The highest BCUT2D eigenvalue weighted by atomic mass is 19.4. The largest absolute Gasteiger partial charge is 0.462 e. The van der Waals surface area contributed by atoms with Gasteiger partial charge >= 0.3 is 12.1 Å². The molecule has 0 amide bonds. The van der Waals surface area contributed by atoms with Crippen LogP contribution in [0.15, 0.2) is 67.1 Å². The van der Waals surface area contributed by atoms with E-state index in [0.717, 1.165) is 22.0 Å². The number of aliphatic hydroxyl groups excluding tert-OH is 1. The quantitative estimate of drug-likeness (QED) is 0.288. The summed E-state index contributed by atoms with van der Waals surface area (Å²) in [7, 11) is 0. The van der Waals surface area contributed by atoms with E-state index in [4.69, 9.17) is 9.84 Å². The minimum atomic E-state index is -4.54. The number of carbonyl (C=O) groups excluding carboxylic acids is 1. The van der Waals surface area contributed by atoms with Crippen LogP contribution >= 0.6 is 0 Å². The molecule has 0 aliphatic rings. The number of halogens is 3. The van der Waals surface area contributed by atoms with Crippen LogP contribution in [0.3, 0.4) is 0 Å². The van der Waals surface area contributed by atoms with Gasteiger partial charge in [-0.3, -0.25) is 4.98 Å². The Bertz CT molecular complexity index is 1610. The molecule has 11 heteroatoms. The number of hydrogen-bond acceptors (Lipinski definition) is 6. The Balaban J connectivity index is 1.52. The number of benzene rings is 1. The van der Waals surface area contributed by atoms with Gasteiger partial charge in [0.15, 0.2) is 0 Å².